The molecule has 0 aliphatic heterocycles. The fourth-order valence-electron chi connectivity index (χ4n) is 2.57. The number of rotatable bonds is 6. The van der Waals surface area contributed by atoms with Gasteiger partial charge in [-0.05, 0) is 39.6 Å². The van der Waals surface area contributed by atoms with Crippen LogP contribution in [0.1, 0.15) is 32.0 Å². The summed E-state index contributed by atoms with van der Waals surface area (Å²) in [5.74, 6) is 5.86. The fourth-order valence-corrected chi connectivity index (χ4v) is 2.57. The minimum atomic E-state index is -0.150. The monoisotopic (exact) mass is 288 g/mol. The number of aromatic nitrogens is 3. The van der Waals surface area contributed by atoms with Crippen LogP contribution in [0.4, 0.5) is 0 Å². The van der Waals surface area contributed by atoms with Crippen LogP contribution >= 0.6 is 0 Å². The van der Waals surface area contributed by atoms with Gasteiger partial charge in [-0.3, -0.25) is 5.84 Å². The lowest BCUT2D eigenvalue weighted by molar-refractivity contribution is 0.109. The van der Waals surface area contributed by atoms with E-state index in [2.05, 4.69) is 48.6 Å². The second-order valence-corrected chi connectivity index (χ2v) is 5.61. The van der Waals surface area contributed by atoms with Crippen molar-refractivity contribution in [2.75, 3.05) is 14.1 Å². The number of hydrogen-bond acceptors (Lipinski definition) is 5. The summed E-state index contributed by atoms with van der Waals surface area (Å²) in [6.07, 6.45) is 2.71. The fraction of sp³-hybridized carbons (Fsp3) is 0.467. The molecule has 2 rings (SSSR count). The summed E-state index contributed by atoms with van der Waals surface area (Å²) in [7, 11) is 4.12. The number of hydrogen-bond donors (Lipinski definition) is 2. The van der Waals surface area contributed by atoms with Crippen LogP contribution in [0.2, 0.25) is 0 Å². The molecule has 0 amide bonds. The van der Waals surface area contributed by atoms with Gasteiger partial charge in [0.15, 0.2) is 0 Å². The molecule has 6 heteroatoms. The minimum absolute atomic E-state index is 0.0901. The van der Waals surface area contributed by atoms with Gasteiger partial charge in [-0.1, -0.05) is 30.3 Å². The summed E-state index contributed by atoms with van der Waals surface area (Å²) < 4.78 is 1.84. The molecular weight excluding hydrogens is 264 g/mol. The first-order chi connectivity index (χ1) is 10.0. The van der Waals surface area contributed by atoms with Gasteiger partial charge in [0.05, 0.1) is 23.6 Å². The topological polar surface area (TPSA) is 72.0 Å². The standard InChI is InChI=1S/C15H24N6/c1-5-15(2,20(3)4)14(18-16)13-11-17-19-21(13)12-9-7-6-8-10-12/h6-11,14,18H,5,16H2,1-4H3. The van der Waals surface area contributed by atoms with Crippen molar-refractivity contribution in [3.8, 4) is 5.69 Å². The quantitative estimate of drug-likeness (QED) is 0.622. The Hall–Kier alpha value is -1.76. The molecule has 21 heavy (non-hydrogen) atoms. The molecule has 1 aromatic carbocycles. The van der Waals surface area contributed by atoms with E-state index in [9.17, 15) is 0 Å². The van der Waals surface area contributed by atoms with Crippen molar-refractivity contribution in [3.63, 3.8) is 0 Å². The van der Waals surface area contributed by atoms with Gasteiger partial charge in [-0.2, -0.15) is 0 Å². The van der Waals surface area contributed by atoms with Crippen molar-refractivity contribution >= 4 is 0 Å². The lowest BCUT2D eigenvalue weighted by Crippen LogP contribution is -2.53. The summed E-state index contributed by atoms with van der Waals surface area (Å²) in [5, 5.41) is 8.29. The normalized spacial score (nSPS) is 15.9. The predicted molar refractivity (Wildman–Crippen MR) is 83.8 cm³/mol. The van der Waals surface area contributed by atoms with E-state index in [0.29, 0.717) is 0 Å². The van der Waals surface area contributed by atoms with Gasteiger partial charge in [0.25, 0.3) is 0 Å². The molecule has 114 valence electrons. The maximum absolute atomic E-state index is 5.86. The second kappa shape index (κ2) is 6.34. The van der Waals surface area contributed by atoms with Crippen LogP contribution in [0.15, 0.2) is 36.5 Å². The number of nitrogens with one attached hydrogen (secondary N) is 1. The van der Waals surface area contributed by atoms with Crippen molar-refractivity contribution in [3.05, 3.63) is 42.2 Å². The largest absolute Gasteiger partial charge is 0.302 e. The SMILES string of the molecule is CCC(C)(C(NN)c1cnnn1-c1ccccc1)N(C)C. The number of nitrogens with zero attached hydrogens (tertiary/aromatic N) is 4. The summed E-state index contributed by atoms with van der Waals surface area (Å²) in [6.45, 7) is 4.33. The van der Waals surface area contributed by atoms with E-state index >= 15 is 0 Å². The van der Waals surface area contributed by atoms with Crippen LogP contribution in [0.25, 0.3) is 5.69 Å². The molecule has 0 aliphatic rings. The Kier molecular flexibility index (Phi) is 4.72. The molecule has 2 aromatic rings. The Labute approximate surface area is 125 Å². The van der Waals surface area contributed by atoms with Crippen molar-refractivity contribution < 1.29 is 0 Å². The Morgan fingerprint density at radius 1 is 1.33 bits per heavy atom. The first-order valence-electron chi connectivity index (χ1n) is 7.14. The highest BCUT2D eigenvalue weighted by Crippen LogP contribution is 2.32. The zero-order valence-corrected chi connectivity index (χ0v) is 13.1. The van der Waals surface area contributed by atoms with E-state index in [1.54, 1.807) is 6.20 Å². The molecule has 0 radical (unpaired) electrons. The average Bonchev–Trinajstić information content (AvgIpc) is 2.97. The highest BCUT2D eigenvalue weighted by Gasteiger charge is 2.37. The van der Waals surface area contributed by atoms with E-state index in [1.165, 1.54) is 0 Å². The molecule has 0 bridgehead atoms. The van der Waals surface area contributed by atoms with Gasteiger partial charge in [0.1, 0.15) is 0 Å². The number of benzene rings is 1. The van der Waals surface area contributed by atoms with E-state index in [4.69, 9.17) is 5.84 Å². The van der Waals surface area contributed by atoms with Gasteiger partial charge in [0, 0.05) is 5.54 Å². The molecule has 0 aliphatic carbocycles. The predicted octanol–water partition coefficient (Wildman–Crippen LogP) is 1.50. The molecule has 2 atom stereocenters. The molecular formula is C15H24N6. The zero-order valence-electron chi connectivity index (χ0n) is 13.1. The van der Waals surface area contributed by atoms with Crippen molar-refractivity contribution in [1.29, 1.82) is 0 Å². The van der Waals surface area contributed by atoms with E-state index < -0.39 is 0 Å². The number of likely N-dealkylation sites (N-methyl/N-ethyl adjacent to an activating group) is 1. The molecule has 0 saturated carbocycles. The van der Waals surface area contributed by atoms with Crippen molar-refractivity contribution in [2.45, 2.75) is 31.8 Å². The maximum atomic E-state index is 5.86. The van der Waals surface area contributed by atoms with Crippen molar-refractivity contribution in [2.24, 2.45) is 5.84 Å². The van der Waals surface area contributed by atoms with Gasteiger partial charge in [-0.15, -0.1) is 5.10 Å². The Morgan fingerprint density at radius 3 is 2.52 bits per heavy atom. The van der Waals surface area contributed by atoms with E-state index in [-0.39, 0.29) is 11.6 Å². The van der Waals surface area contributed by atoms with Crippen LogP contribution in [0.3, 0.4) is 0 Å². The van der Waals surface area contributed by atoms with E-state index in [1.807, 2.05) is 35.0 Å². The highest BCUT2D eigenvalue weighted by atomic mass is 15.4. The van der Waals surface area contributed by atoms with E-state index in [0.717, 1.165) is 17.8 Å². The molecule has 3 N–H and O–H groups in total. The van der Waals surface area contributed by atoms with Gasteiger partial charge in [-0.25, -0.2) is 10.1 Å². The molecule has 1 heterocycles. The maximum Gasteiger partial charge on any atom is 0.0847 e. The van der Waals surface area contributed by atoms with Crippen LogP contribution in [0, 0.1) is 0 Å². The van der Waals surface area contributed by atoms with Crippen LogP contribution in [-0.4, -0.2) is 39.5 Å². The number of nitrogens with two attached hydrogens (primary N) is 1. The summed E-state index contributed by atoms with van der Waals surface area (Å²) >= 11 is 0. The third-order valence-corrected chi connectivity index (χ3v) is 4.40. The summed E-state index contributed by atoms with van der Waals surface area (Å²) in [6, 6.07) is 9.87. The minimum Gasteiger partial charge on any atom is -0.302 e. The lowest BCUT2D eigenvalue weighted by Gasteiger charge is -2.42. The average molecular weight is 288 g/mol. The first-order valence-corrected chi connectivity index (χ1v) is 7.14. The molecule has 0 saturated heterocycles. The van der Waals surface area contributed by atoms with Gasteiger partial charge < -0.3 is 4.90 Å². The summed E-state index contributed by atoms with van der Waals surface area (Å²) in [5.41, 5.74) is 4.72. The first kappa shape index (κ1) is 15.6. The third kappa shape index (κ3) is 2.83. The number of para-hydroxylation sites is 1. The smallest absolute Gasteiger partial charge is 0.0847 e. The van der Waals surface area contributed by atoms with Crippen LogP contribution < -0.4 is 11.3 Å². The zero-order chi connectivity index (χ0) is 15.5. The Bertz CT molecular complexity index is 565. The van der Waals surface area contributed by atoms with Gasteiger partial charge >= 0.3 is 0 Å². The number of hydrazine groups is 1. The molecule has 0 spiro atoms. The second-order valence-electron chi connectivity index (χ2n) is 5.61. The highest BCUT2D eigenvalue weighted by molar-refractivity contribution is 5.33. The molecule has 6 nitrogen and oxygen atoms in total. The molecule has 0 fully saturated rings. The van der Waals surface area contributed by atoms with Crippen LogP contribution in [0.5, 0.6) is 0 Å². The van der Waals surface area contributed by atoms with Gasteiger partial charge in [0.2, 0.25) is 0 Å². The molecule has 1 aromatic heterocycles. The van der Waals surface area contributed by atoms with Crippen LogP contribution in [-0.2, 0) is 0 Å². The third-order valence-electron chi connectivity index (χ3n) is 4.40. The Balaban J connectivity index is 2.48. The van der Waals surface area contributed by atoms with Crippen molar-refractivity contribution in [1.82, 2.24) is 25.3 Å². The Morgan fingerprint density at radius 2 is 2.00 bits per heavy atom. The summed E-state index contributed by atoms with van der Waals surface area (Å²) in [4.78, 5) is 2.18. The lowest BCUT2D eigenvalue weighted by atomic mass is 9.86. The molecule has 2 unspecified atom stereocenters.